The van der Waals surface area contributed by atoms with Crippen molar-refractivity contribution in [2.45, 2.75) is 33.1 Å². The number of benzene rings is 1. The third-order valence-corrected chi connectivity index (χ3v) is 3.26. The van der Waals surface area contributed by atoms with E-state index in [0.717, 1.165) is 18.5 Å². The van der Waals surface area contributed by atoms with Gasteiger partial charge in [-0.3, -0.25) is 9.59 Å². The van der Waals surface area contributed by atoms with E-state index in [-0.39, 0.29) is 11.8 Å². The normalized spacial score (nSPS) is 10.1. The van der Waals surface area contributed by atoms with Crippen LogP contribution in [0.2, 0.25) is 0 Å². The minimum Gasteiger partial charge on any atom is -0.340 e. The Labute approximate surface area is 141 Å². The lowest BCUT2D eigenvalue weighted by Gasteiger charge is -2.09. The second kappa shape index (κ2) is 8.67. The largest absolute Gasteiger partial charge is 0.340 e. The molecule has 0 spiro atoms. The van der Waals surface area contributed by atoms with E-state index in [2.05, 4.69) is 27.9 Å². The minimum absolute atomic E-state index is 0.00219. The van der Waals surface area contributed by atoms with Crippen molar-refractivity contribution in [3.05, 3.63) is 42.6 Å². The molecule has 2 amide bonds. The van der Waals surface area contributed by atoms with Crippen molar-refractivity contribution in [1.29, 1.82) is 0 Å². The number of anilines is 4. The smallest absolute Gasteiger partial charge is 0.224 e. The Kier molecular flexibility index (Phi) is 6.31. The lowest BCUT2D eigenvalue weighted by atomic mass is 10.2. The van der Waals surface area contributed by atoms with Crippen LogP contribution in [0.1, 0.15) is 33.1 Å². The molecule has 3 N–H and O–H groups in total. The molecule has 6 nitrogen and oxygen atoms in total. The van der Waals surface area contributed by atoms with E-state index in [9.17, 15) is 9.59 Å². The summed E-state index contributed by atoms with van der Waals surface area (Å²) in [7, 11) is 0. The number of carbonyl (C=O) groups excluding carboxylic acids is 2. The van der Waals surface area contributed by atoms with Crippen molar-refractivity contribution in [3.63, 3.8) is 0 Å². The molecule has 2 aromatic rings. The number of carbonyl (C=O) groups is 2. The maximum Gasteiger partial charge on any atom is 0.224 e. The van der Waals surface area contributed by atoms with Gasteiger partial charge < -0.3 is 16.0 Å². The van der Waals surface area contributed by atoms with Crippen LogP contribution >= 0.6 is 0 Å². The quantitative estimate of drug-likeness (QED) is 0.720. The van der Waals surface area contributed by atoms with Gasteiger partial charge in [0.25, 0.3) is 0 Å². The van der Waals surface area contributed by atoms with Crippen molar-refractivity contribution in [2.24, 2.45) is 0 Å². The number of nitrogens with one attached hydrogen (secondary N) is 3. The predicted molar refractivity (Wildman–Crippen MR) is 96.4 cm³/mol. The molecule has 1 heterocycles. The molecule has 0 aliphatic rings. The molecule has 0 radical (unpaired) electrons. The topological polar surface area (TPSA) is 83.1 Å². The molecule has 6 heteroatoms. The van der Waals surface area contributed by atoms with Gasteiger partial charge in [-0.15, -0.1) is 0 Å². The summed E-state index contributed by atoms with van der Waals surface area (Å²) in [5, 5.41) is 8.71. The maximum atomic E-state index is 11.7. The van der Waals surface area contributed by atoms with Crippen LogP contribution in [0.3, 0.4) is 0 Å². The van der Waals surface area contributed by atoms with Crippen molar-refractivity contribution in [2.75, 3.05) is 16.0 Å². The van der Waals surface area contributed by atoms with Gasteiger partial charge in [-0.1, -0.05) is 19.4 Å². The molecule has 24 heavy (non-hydrogen) atoms. The van der Waals surface area contributed by atoms with Crippen molar-refractivity contribution < 1.29 is 9.59 Å². The summed E-state index contributed by atoms with van der Waals surface area (Å²) in [6, 6.07) is 11.0. The van der Waals surface area contributed by atoms with E-state index < -0.39 is 0 Å². The molecule has 0 saturated heterocycles. The maximum absolute atomic E-state index is 11.7. The summed E-state index contributed by atoms with van der Waals surface area (Å²) < 4.78 is 0. The van der Waals surface area contributed by atoms with Crippen LogP contribution < -0.4 is 16.0 Å². The summed E-state index contributed by atoms with van der Waals surface area (Å²) in [5.41, 5.74) is 2.20. The highest BCUT2D eigenvalue weighted by Gasteiger charge is 2.03. The average molecular weight is 326 g/mol. The van der Waals surface area contributed by atoms with Crippen LogP contribution in [0.4, 0.5) is 22.9 Å². The summed E-state index contributed by atoms with van der Waals surface area (Å²) in [4.78, 5) is 27.1. The standard InChI is InChI=1S/C18H22N4O2/c1-3-4-8-18(24)22-16-9-10-17(19-12-16)21-15-7-5-6-14(11-15)20-13(2)23/h5-7,9-12H,3-4,8H2,1-2H3,(H,19,21)(H,20,23)(H,22,24). The van der Waals surface area contributed by atoms with Gasteiger partial charge in [0.15, 0.2) is 0 Å². The Hall–Kier alpha value is -2.89. The first-order chi connectivity index (χ1) is 11.6. The molecule has 0 atom stereocenters. The fourth-order valence-electron chi connectivity index (χ4n) is 2.13. The SMILES string of the molecule is CCCCC(=O)Nc1ccc(Nc2cccc(NC(C)=O)c2)nc1. The fourth-order valence-corrected chi connectivity index (χ4v) is 2.13. The fraction of sp³-hybridized carbons (Fsp3) is 0.278. The van der Waals surface area contributed by atoms with Gasteiger partial charge in [0.1, 0.15) is 5.82 Å². The summed E-state index contributed by atoms with van der Waals surface area (Å²) in [5.74, 6) is 0.539. The van der Waals surface area contributed by atoms with Gasteiger partial charge in [-0.05, 0) is 36.8 Å². The van der Waals surface area contributed by atoms with Gasteiger partial charge in [-0.2, -0.15) is 0 Å². The average Bonchev–Trinajstić information content (AvgIpc) is 2.54. The second-order valence-corrected chi connectivity index (χ2v) is 5.47. The number of hydrogen-bond acceptors (Lipinski definition) is 4. The number of hydrogen-bond donors (Lipinski definition) is 3. The number of pyridine rings is 1. The summed E-state index contributed by atoms with van der Waals surface area (Å²) in [6.45, 7) is 3.52. The molecule has 0 saturated carbocycles. The first-order valence-corrected chi connectivity index (χ1v) is 7.97. The zero-order chi connectivity index (χ0) is 17.4. The predicted octanol–water partition coefficient (Wildman–Crippen LogP) is 3.91. The molecular formula is C18H22N4O2. The molecular weight excluding hydrogens is 304 g/mol. The number of nitrogens with zero attached hydrogens (tertiary/aromatic N) is 1. The molecule has 1 aromatic heterocycles. The lowest BCUT2D eigenvalue weighted by Crippen LogP contribution is -2.11. The summed E-state index contributed by atoms with van der Waals surface area (Å²) in [6.07, 6.45) is 4.01. The zero-order valence-electron chi connectivity index (χ0n) is 13.9. The summed E-state index contributed by atoms with van der Waals surface area (Å²) >= 11 is 0. The number of unbranched alkanes of at least 4 members (excludes halogenated alkanes) is 1. The van der Waals surface area contributed by atoms with Crippen molar-refractivity contribution in [1.82, 2.24) is 4.98 Å². The highest BCUT2D eigenvalue weighted by atomic mass is 16.2. The Morgan fingerprint density at radius 1 is 1.04 bits per heavy atom. The molecule has 0 aliphatic heterocycles. The Morgan fingerprint density at radius 2 is 1.83 bits per heavy atom. The van der Waals surface area contributed by atoms with E-state index in [4.69, 9.17) is 0 Å². The van der Waals surface area contributed by atoms with Crippen molar-refractivity contribution in [3.8, 4) is 0 Å². The van der Waals surface area contributed by atoms with Gasteiger partial charge in [0, 0.05) is 24.7 Å². The van der Waals surface area contributed by atoms with Gasteiger partial charge in [0.2, 0.25) is 11.8 Å². The molecule has 0 bridgehead atoms. The monoisotopic (exact) mass is 326 g/mol. The van der Waals surface area contributed by atoms with Crippen molar-refractivity contribution >= 4 is 34.7 Å². The van der Waals surface area contributed by atoms with Gasteiger partial charge in [-0.25, -0.2) is 4.98 Å². The lowest BCUT2D eigenvalue weighted by molar-refractivity contribution is -0.116. The molecule has 0 fully saturated rings. The number of amides is 2. The molecule has 1 aromatic carbocycles. The number of aromatic nitrogens is 1. The zero-order valence-corrected chi connectivity index (χ0v) is 13.9. The first-order valence-electron chi connectivity index (χ1n) is 7.97. The van der Waals surface area contributed by atoms with Crippen LogP contribution in [0.5, 0.6) is 0 Å². The Bertz CT molecular complexity index is 698. The Balaban J connectivity index is 1.96. The number of rotatable bonds is 7. The van der Waals surface area contributed by atoms with Crippen LogP contribution in [0.15, 0.2) is 42.6 Å². The third kappa shape index (κ3) is 5.72. The third-order valence-electron chi connectivity index (χ3n) is 3.26. The van der Waals surface area contributed by atoms with Crippen LogP contribution in [-0.4, -0.2) is 16.8 Å². The highest BCUT2D eigenvalue weighted by Crippen LogP contribution is 2.20. The molecule has 2 rings (SSSR count). The van der Waals surface area contributed by atoms with E-state index >= 15 is 0 Å². The minimum atomic E-state index is -0.117. The van der Waals surface area contributed by atoms with Crippen LogP contribution in [-0.2, 0) is 9.59 Å². The van der Waals surface area contributed by atoms with Gasteiger partial charge >= 0.3 is 0 Å². The molecule has 0 aliphatic carbocycles. The highest BCUT2D eigenvalue weighted by molar-refractivity contribution is 5.90. The second-order valence-electron chi connectivity index (χ2n) is 5.47. The van der Waals surface area contributed by atoms with E-state index in [0.29, 0.717) is 23.6 Å². The van der Waals surface area contributed by atoms with E-state index in [1.165, 1.54) is 6.92 Å². The molecule has 126 valence electrons. The molecule has 0 unspecified atom stereocenters. The van der Waals surface area contributed by atoms with E-state index in [1.807, 2.05) is 24.3 Å². The van der Waals surface area contributed by atoms with Crippen LogP contribution in [0, 0.1) is 0 Å². The van der Waals surface area contributed by atoms with E-state index in [1.54, 1.807) is 18.3 Å². The van der Waals surface area contributed by atoms with Gasteiger partial charge in [0.05, 0.1) is 11.9 Å². The Morgan fingerprint density at radius 3 is 2.50 bits per heavy atom. The van der Waals surface area contributed by atoms with Crippen LogP contribution in [0.25, 0.3) is 0 Å². The first kappa shape index (κ1) is 17.5.